The number of rotatable bonds is 3. The minimum absolute atomic E-state index is 0.111. The summed E-state index contributed by atoms with van der Waals surface area (Å²) in [6, 6.07) is 1.84. The van der Waals surface area contributed by atoms with Gasteiger partial charge >= 0.3 is 0 Å². The molecule has 0 spiro atoms. The van der Waals surface area contributed by atoms with Crippen LogP contribution >= 0.6 is 0 Å². The van der Waals surface area contributed by atoms with Crippen LogP contribution in [0, 0.1) is 0 Å². The quantitative estimate of drug-likeness (QED) is 0.601. The van der Waals surface area contributed by atoms with Gasteiger partial charge < -0.3 is 4.90 Å². The Bertz CT molecular complexity index is 1250. The fourth-order valence-electron chi connectivity index (χ4n) is 4.02. The van der Waals surface area contributed by atoms with E-state index >= 15 is 0 Å². The molecule has 1 saturated heterocycles. The maximum atomic E-state index is 13.3. The molecule has 0 saturated carbocycles. The SMILES string of the molecule is Cn1nc(C(C)(C)C)cc1C(=O)N1CCC[C@@H](c2c(S(C)(=O)=O)cnc3ncnn23)C1. The van der Waals surface area contributed by atoms with Crippen LogP contribution in [0.3, 0.4) is 0 Å². The third-order valence-corrected chi connectivity index (χ3v) is 6.78. The van der Waals surface area contributed by atoms with Gasteiger partial charge in [-0.2, -0.15) is 19.7 Å². The molecular weight excluding hydrogens is 418 g/mol. The largest absolute Gasteiger partial charge is 0.337 e. The molecule has 0 unspecified atom stereocenters. The van der Waals surface area contributed by atoms with Crippen molar-refractivity contribution in [3.05, 3.63) is 35.7 Å². The van der Waals surface area contributed by atoms with Gasteiger partial charge in [0, 0.05) is 37.7 Å². The molecule has 3 aromatic rings. The lowest BCUT2D eigenvalue weighted by Gasteiger charge is -2.33. The summed E-state index contributed by atoms with van der Waals surface area (Å²) in [5, 5.41) is 8.72. The summed E-state index contributed by atoms with van der Waals surface area (Å²) in [5.41, 5.74) is 1.74. The number of carbonyl (C=O) groups excluding carboxylic acids is 1. The van der Waals surface area contributed by atoms with Crippen molar-refractivity contribution < 1.29 is 13.2 Å². The minimum Gasteiger partial charge on any atom is -0.337 e. The van der Waals surface area contributed by atoms with Gasteiger partial charge in [0.25, 0.3) is 11.7 Å². The van der Waals surface area contributed by atoms with Gasteiger partial charge in [0.15, 0.2) is 9.84 Å². The van der Waals surface area contributed by atoms with Crippen molar-refractivity contribution in [2.75, 3.05) is 19.3 Å². The molecule has 0 aromatic carbocycles. The number of aromatic nitrogens is 6. The highest BCUT2D eigenvalue weighted by Gasteiger charge is 2.33. The predicted molar refractivity (Wildman–Crippen MR) is 114 cm³/mol. The van der Waals surface area contributed by atoms with Crippen LogP contribution in [0.15, 0.2) is 23.5 Å². The third kappa shape index (κ3) is 3.93. The first-order valence-electron chi connectivity index (χ1n) is 10.2. The van der Waals surface area contributed by atoms with Crippen LogP contribution in [-0.4, -0.2) is 67.9 Å². The average molecular weight is 446 g/mol. The lowest BCUT2D eigenvalue weighted by atomic mass is 9.92. The second kappa shape index (κ2) is 7.40. The van der Waals surface area contributed by atoms with Crippen molar-refractivity contribution in [3.8, 4) is 0 Å². The Hall–Kier alpha value is -2.82. The standard InChI is InChI=1S/C20H27N7O3S/c1-20(2,3)16-9-14(25(4)24-16)18(28)26-8-6-7-13(11-26)17-15(31(5,29)30)10-21-19-22-12-23-27(17)19/h9-10,12-13H,6-8,11H2,1-5H3/t13-/m1/s1. The van der Waals surface area contributed by atoms with Crippen LogP contribution < -0.4 is 0 Å². The number of hydrogen-bond donors (Lipinski definition) is 0. The molecule has 31 heavy (non-hydrogen) atoms. The molecule has 11 heteroatoms. The lowest BCUT2D eigenvalue weighted by molar-refractivity contribution is 0.0693. The fraction of sp³-hybridized carbons (Fsp3) is 0.550. The fourth-order valence-corrected chi connectivity index (χ4v) is 4.90. The Labute approximate surface area is 181 Å². The van der Waals surface area contributed by atoms with E-state index in [1.54, 1.807) is 16.6 Å². The van der Waals surface area contributed by atoms with Crippen LogP contribution in [0.1, 0.15) is 61.4 Å². The highest BCUT2D eigenvalue weighted by atomic mass is 32.2. The van der Waals surface area contributed by atoms with Gasteiger partial charge in [0.05, 0.1) is 17.6 Å². The summed E-state index contributed by atoms with van der Waals surface area (Å²) in [7, 11) is -1.76. The molecule has 1 fully saturated rings. The van der Waals surface area contributed by atoms with Crippen molar-refractivity contribution in [1.29, 1.82) is 0 Å². The first kappa shape index (κ1) is 21.4. The van der Waals surface area contributed by atoms with E-state index in [0.717, 1.165) is 24.8 Å². The number of amides is 1. The second-order valence-electron chi connectivity index (χ2n) is 9.13. The van der Waals surface area contributed by atoms with Gasteiger partial charge in [0.2, 0.25) is 0 Å². The number of likely N-dealkylation sites (tertiary alicyclic amines) is 1. The highest BCUT2D eigenvalue weighted by molar-refractivity contribution is 7.90. The number of sulfone groups is 1. The van der Waals surface area contributed by atoms with E-state index in [1.807, 2.05) is 6.07 Å². The van der Waals surface area contributed by atoms with Gasteiger partial charge in [-0.1, -0.05) is 20.8 Å². The molecule has 4 heterocycles. The zero-order valence-electron chi connectivity index (χ0n) is 18.4. The summed E-state index contributed by atoms with van der Waals surface area (Å²) in [4.78, 5) is 23.4. The summed E-state index contributed by atoms with van der Waals surface area (Å²) >= 11 is 0. The van der Waals surface area contributed by atoms with Gasteiger partial charge in [0.1, 0.15) is 16.9 Å². The predicted octanol–water partition coefficient (Wildman–Crippen LogP) is 1.58. The Morgan fingerprint density at radius 1 is 1.23 bits per heavy atom. The van der Waals surface area contributed by atoms with Crippen LogP contribution in [0.5, 0.6) is 0 Å². The first-order valence-corrected chi connectivity index (χ1v) is 12.1. The molecular formula is C20H27N7O3S. The van der Waals surface area contributed by atoms with E-state index in [2.05, 4.69) is 40.9 Å². The Morgan fingerprint density at radius 2 is 1.97 bits per heavy atom. The number of nitrogens with zero attached hydrogens (tertiary/aromatic N) is 7. The van der Waals surface area contributed by atoms with E-state index in [0.29, 0.717) is 30.3 Å². The van der Waals surface area contributed by atoms with Crippen molar-refractivity contribution in [2.45, 2.75) is 49.8 Å². The minimum atomic E-state index is -3.53. The molecule has 0 aliphatic carbocycles. The number of fused-ring (bicyclic) bond motifs is 1. The average Bonchev–Trinajstić information content (AvgIpc) is 3.32. The molecule has 10 nitrogen and oxygen atoms in total. The van der Waals surface area contributed by atoms with Gasteiger partial charge in [-0.05, 0) is 18.9 Å². The van der Waals surface area contributed by atoms with E-state index in [-0.39, 0.29) is 22.1 Å². The molecule has 0 N–H and O–H groups in total. The number of piperidine rings is 1. The Balaban J connectivity index is 1.70. The summed E-state index contributed by atoms with van der Waals surface area (Å²) in [6.07, 6.45) is 5.34. The number of carbonyl (C=O) groups is 1. The molecule has 1 atom stereocenters. The number of aryl methyl sites for hydroxylation is 1. The maximum Gasteiger partial charge on any atom is 0.272 e. The molecule has 4 rings (SSSR count). The van der Waals surface area contributed by atoms with E-state index in [9.17, 15) is 13.2 Å². The molecule has 1 aliphatic heterocycles. The molecule has 3 aromatic heterocycles. The molecule has 0 radical (unpaired) electrons. The van der Waals surface area contributed by atoms with Gasteiger partial charge in [-0.25, -0.2) is 13.4 Å². The van der Waals surface area contributed by atoms with Crippen molar-refractivity contribution in [2.24, 2.45) is 7.05 Å². The monoisotopic (exact) mass is 445 g/mol. The number of hydrogen-bond acceptors (Lipinski definition) is 7. The summed E-state index contributed by atoms with van der Waals surface area (Å²) in [5.74, 6) is 0.0252. The van der Waals surface area contributed by atoms with E-state index in [1.165, 1.54) is 17.0 Å². The Kier molecular flexibility index (Phi) is 5.11. The van der Waals surface area contributed by atoms with Crippen molar-refractivity contribution in [3.63, 3.8) is 0 Å². The van der Waals surface area contributed by atoms with E-state index < -0.39 is 9.84 Å². The second-order valence-corrected chi connectivity index (χ2v) is 11.1. The van der Waals surface area contributed by atoms with Gasteiger partial charge in [-0.15, -0.1) is 0 Å². The molecule has 0 bridgehead atoms. The highest BCUT2D eigenvalue weighted by Crippen LogP contribution is 2.32. The molecule has 1 aliphatic rings. The summed E-state index contributed by atoms with van der Waals surface area (Å²) in [6.45, 7) is 7.15. The van der Waals surface area contributed by atoms with Crippen LogP contribution in [0.4, 0.5) is 0 Å². The topological polar surface area (TPSA) is 115 Å². The first-order chi connectivity index (χ1) is 14.5. The zero-order valence-corrected chi connectivity index (χ0v) is 19.2. The summed E-state index contributed by atoms with van der Waals surface area (Å²) < 4.78 is 28.0. The smallest absolute Gasteiger partial charge is 0.272 e. The van der Waals surface area contributed by atoms with Crippen LogP contribution in [-0.2, 0) is 22.3 Å². The van der Waals surface area contributed by atoms with Crippen LogP contribution in [0.25, 0.3) is 5.78 Å². The zero-order chi connectivity index (χ0) is 22.6. The van der Waals surface area contributed by atoms with E-state index in [4.69, 9.17) is 0 Å². The van der Waals surface area contributed by atoms with Crippen LogP contribution in [0.2, 0.25) is 0 Å². The molecule has 1 amide bonds. The third-order valence-electron chi connectivity index (χ3n) is 5.67. The van der Waals surface area contributed by atoms with Crippen molar-refractivity contribution in [1.82, 2.24) is 34.3 Å². The lowest BCUT2D eigenvalue weighted by Crippen LogP contribution is -2.40. The Morgan fingerprint density at radius 3 is 2.61 bits per heavy atom. The maximum absolute atomic E-state index is 13.3. The normalized spacial score (nSPS) is 18.0. The van der Waals surface area contributed by atoms with Crippen molar-refractivity contribution >= 4 is 21.5 Å². The van der Waals surface area contributed by atoms with Gasteiger partial charge in [-0.3, -0.25) is 9.48 Å². The molecule has 166 valence electrons.